The number of aryl methyl sites for hydroxylation is 1. The first kappa shape index (κ1) is 16.7. The molecule has 2 rings (SSSR count). The maximum Gasteiger partial charge on any atom is 0.313 e. The van der Waals surface area contributed by atoms with Crippen molar-refractivity contribution in [3.63, 3.8) is 0 Å². The van der Waals surface area contributed by atoms with E-state index in [1.807, 2.05) is 0 Å². The summed E-state index contributed by atoms with van der Waals surface area (Å²) in [5.74, 6) is -1.15. The number of nitro groups is 1. The van der Waals surface area contributed by atoms with E-state index in [0.29, 0.717) is 11.3 Å². The zero-order chi connectivity index (χ0) is 17.0. The fourth-order valence-electron chi connectivity index (χ4n) is 1.90. The van der Waals surface area contributed by atoms with Crippen LogP contribution in [0.15, 0.2) is 36.4 Å². The number of hydrogen-bond donors (Lipinski definition) is 1. The highest BCUT2D eigenvalue weighted by molar-refractivity contribution is 6.31. The number of anilines is 1. The van der Waals surface area contributed by atoms with Gasteiger partial charge in [-0.3, -0.25) is 14.9 Å². The molecule has 0 aliphatic heterocycles. The Morgan fingerprint density at radius 2 is 2.13 bits per heavy atom. The van der Waals surface area contributed by atoms with Crippen LogP contribution in [0.25, 0.3) is 0 Å². The van der Waals surface area contributed by atoms with Crippen LogP contribution in [0, 0.1) is 22.9 Å². The summed E-state index contributed by atoms with van der Waals surface area (Å²) in [6.45, 7) is 1.14. The first-order valence-electron chi connectivity index (χ1n) is 6.50. The van der Waals surface area contributed by atoms with Crippen LogP contribution in [0.3, 0.4) is 0 Å². The summed E-state index contributed by atoms with van der Waals surface area (Å²) in [5, 5.41) is 13.4. The van der Waals surface area contributed by atoms with Gasteiger partial charge in [0.1, 0.15) is 5.82 Å². The molecule has 1 N–H and O–H groups in total. The summed E-state index contributed by atoms with van der Waals surface area (Å²) in [5.41, 5.74) is 0.534. The zero-order valence-corrected chi connectivity index (χ0v) is 12.8. The molecule has 0 aliphatic rings. The Morgan fingerprint density at radius 3 is 2.78 bits per heavy atom. The van der Waals surface area contributed by atoms with Crippen molar-refractivity contribution in [2.45, 2.75) is 6.92 Å². The topological polar surface area (TPSA) is 81.5 Å². The lowest BCUT2D eigenvalue weighted by Gasteiger charge is -2.09. The minimum Gasteiger partial charge on any atom is -0.477 e. The van der Waals surface area contributed by atoms with Gasteiger partial charge >= 0.3 is 5.69 Å². The lowest BCUT2D eigenvalue weighted by atomic mass is 10.2. The van der Waals surface area contributed by atoms with Crippen molar-refractivity contribution in [3.8, 4) is 5.75 Å². The molecule has 0 unspecified atom stereocenters. The zero-order valence-electron chi connectivity index (χ0n) is 12.0. The van der Waals surface area contributed by atoms with Crippen LogP contribution in [0.1, 0.15) is 5.56 Å². The molecular weight excluding hydrogens is 327 g/mol. The van der Waals surface area contributed by atoms with Crippen molar-refractivity contribution in [3.05, 3.63) is 62.9 Å². The van der Waals surface area contributed by atoms with Crippen molar-refractivity contribution in [1.29, 1.82) is 0 Å². The Hall–Kier alpha value is -2.67. The number of ether oxygens (including phenoxy) is 1. The quantitative estimate of drug-likeness (QED) is 0.665. The number of benzene rings is 2. The molecule has 0 saturated carbocycles. The Labute approximate surface area is 136 Å². The number of amides is 1. The highest BCUT2D eigenvalue weighted by Gasteiger charge is 2.19. The van der Waals surface area contributed by atoms with Gasteiger partial charge < -0.3 is 10.1 Å². The fraction of sp³-hybridized carbons (Fsp3) is 0.133. The molecule has 0 atom stereocenters. The Morgan fingerprint density at radius 1 is 1.39 bits per heavy atom. The molecule has 120 valence electrons. The Kier molecular flexibility index (Phi) is 5.13. The maximum absolute atomic E-state index is 13.0. The number of nitrogens with zero attached hydrogens (tertiary/aromatic N) is 1. The van der Waals surface area contributed by atoms with Gasteiger partial charge in [-0.05, 0) is 31.2 Å². The smallest absolute Gasteiger partial charge is 0.313 e. The maximum atomic E-state index is 13.0. The van der Waals surface area contributed by atoms with Crippen LogP contribution < -0.4 is 10.1 Å². The number of para-hydroxylation sites is 1. The monoisotopic (exact) mass is 338 g/mol. The molecule has 0 aromatic heterocycles. The lowest BCUT2D eigenvalue weighted by molar-refractivity contribution is -0.386. The van der Waals surface area contributed by atoms with Gasteiger partial charge in [-0.2, -0.15) is 0 Å². The van der Waals surface area contributed by atoms with Gasteiger partial charge in [0.25, 0.3) is 5.91 Å². The van der Waals surface area contributed by atoms with E-state index in [-0.39, 0.29) is 16.5 Å². The van der Waals surface area contributed by atoms with Gasteiger partial charge in [0, 0.05) is 11.3 Å². The minimum atomic E-state index is -0.601. The van der Waals surface area contributed by atoms with Gasteiger partial charge in [-0.25, -0.2) is 4.39 Å². The van der Waals surface area contributed by atoms with Gasteiger partial charge in [0.05, 0.1) is 9.95 Å². The number of hydrogen-bond acceptors (Lipinski definition) is 4. The van der Waals surface area contributed by atoms with Crippen LogP contribution in [-0.4, -0.2) is 17.4 Å². The molecule has 23 heavy (non-hydrogen) atoms. The van der Waals surface area contributed by atoms with Gasteiger partial charge in [-0.1, -0.05) is 23.7 Å². The second-order valence-corrected chi connectivity index (χ2v) is 5.05. The Bertz CT molecular complexity index is 767. The first-order chi connectivity index (χ1) is 10.9. The summed E-state index contributed by atoms with van der Waals surface area (Å²) >= 11 is 5.61. The Balaban J connectivity index is 2.03. The second-order valence-electron chi connectivity index (χ2n) is 4.64. The van der Waals surface area contributed by atoms with Crippen LogP contribution in [0.5, 0.6) is 5.75 Å². The molecule has 2 aromatic rings. The van der Waals surface area contributed by atoms with E-state index in [2.05, 4.69) is 5.32 Å². The summed E-state index contributed by atoms with van der Waals surface area (Å²) in [6, 6.07) is 8.29. The normalized spacial score (nSPS) is 10.2. The number of carbonyl (C=O) groups is 1. The van der Waals surface area contributed by atoms with E-state index in [4.69, 9.17) is 16.3 Å². The highest BCUT2D eigenvalue weighted by Crippen LogP contribution is 2.30. The molecule has 1 amide bonds. The summed E-state index contributed by atoms with van der Waals surface area (Å²) in [6.07, 6.45) is 0. The van der Waals surface area contributed by atoms with E-state index in [0.717, 1.165) is 6.07 Å². The molecule has 2 aromatic carbocycles. The number of nitro benzene ring substituents is 1. The van der Waals surface area contributed by atoms with Crippen molar-refractivity contribution in [2.75, 3.05) is 11.9 Å². The van der Waals surface area contributed by atoms with Crippen molar-refractivity contribution in [2.24, 2.45) is 0 Å². The number of nitrogens with one attached hydrogen (secondary N) is 1. The molecule has 0 saturated heterocycles. The van der Waals surface area contributed by atoms with Crippen LogP contribution in [-0.2, 0) is 4.79 Å². The molecule has 8 heteroatoms. The fourth-order valence-corrected chi connectivity index (χ4v) is 2.08. The molecule has 0 radical (unpaired) electrons. The molecule has 0 spiro atoms. The van der Waals surface area contributed by atoms with E-state index in [1.54, 1.807) is 19.1 Å². The van der Waals surface area contributed by atoms with Gasteiger partial charge in [0.15, 0.2) is 12.4 Å². The van der Waals surface area contributed by atoms with Crippen LogP contribution in [0.4, 0.5) is 15.8 Å². The highest BCUT2D eigenvalue weighted by atomic mass is 35.5. The summed E-state index contributed by atoms with van der Waals surface area (Å²) in [4.78, 5) is 22.3. The van der Waals surface area contributed by atoms with Gasteiger partial charge in [0.2, 0.25) is 0 Å². The van der Waals surface area contributed by atoms with Crippen molar-refractivity contribution < 1.29 is 18.8 Å². The molecule has 0 aliphatic carbocycles. The van der Waals surface area contributed by atoms with E-state index < -0.39 is 23.3 Å². The first-order valence-corrected chi connectivity index (χ1v) is 6.88. The SMILES string of the molecule is Cc1cccc(OCC(=O)Nc2ccc(F)c(Cl)c2)c1[N+](=O)[O-]. The third-order valence-electron chi connectivity index (χ3n) is 2.95. The largest absolute Gasteiger partial charge is 0.477 e. The third-order valence-corrected chi connectivity index (χ3v) is 3.24. The minimum absolute atomic E-state index is 0.00212. The van der Waals surface area contributed by atoms with Gasteiger partial charge in [-0.15, -0.1) is 0 Å². The lowest BCUT2D eigenvalue weighted by Crippen LogP contribution is -2.20. The number of rotatable bonds is 5. The summed E-state index contributed by atoms with van der Waals surface area (Å²) in [7, 11) is 0. The summed E-state index contributed by atoms with van der Waals surface area (Å²) < 4.78 is 18.2. The molecule has 0 bridgehead atoms. The molecular formula is C15H12ClFN2O4. The average Bonchev–Trinajstić information content (AvgIpc) is 2.48. The standard InChI is InChI=1S/C15H12ClFN2O4/c1-9-3-2-4-13(15(9)19(21)22)23-8-14(20)18-10-5-6-12(17)11(16)7-10/h2-7H,8H2,1H3,(H,18,20). The predicted molar refractivity (Wildman–Crippen MR) is 83.4 cm³/mol. The second kappa shape index (κ2) is 7.06. The number of carbonyl (C=O) groups excluding carboxylic acids is 1. The molecule has 0 heterocycles. The molecule has 6 nitrogen and oxygen atoms in total. The third kappa shape index (κ3) is 4.17. The van der Waals surface area contributed by atoms with Crippen molar-refractivity contribution in [1.82, 2.24) is 0 Å². The predicted octanol–water partition coefficient (Wildman–Crippen LogP) is 3.71. The average molecular weight is 339 g/mol. The van der Waals surface area contributed by atoms with E-state index in [1.165, 1.54) is 18.2 Å². The molecule has 0 fully saturated rings. The van der Waals surface area contributed by atoms with E-state index in [9.17, 15) is 19.3 Å². The number of halogens is 2. The van der Waals surface area contributed by atoms with E-state index >= 15 is 0 Å². The van der Waals surface area contributed by atoms with Crippen LogP contribution >= 0.6 is 11.6 Å². The van der Waals surface area contributed by atoms with Crippen molar-refractivity contribution >= 4 is 28.9 Å². The van der Waals surface area contributed by atoms with Crippen LogP contribution in [0.2, 0.25) is 5.02 Å².